The van der Waals surface area contributed by atoms with Crippen LogP contribution < -0.4 is 16.9 Å². The second-order valence-electron chi connectivity index (χ2n) is 4.64. The number of nitrogens with zero attached hydrogens (tertiary/aromatic N) is 1. The highest BCUT2D eigenvalue weighted by Gasteiger charge is 2.40. The Kier molecular flexibility index (Phi) is 2.46. The molecule has 2 nitrogen and oxygen atoms in total. The van der Waals surface area contributed by atoms with Crippen LogP contribution >= 0.6 is 0 Å². The van der Waals surface area contributed by atoms with E-state index in [1.807, 2.05) is 26.2 Å². The van der Waals surface area contributed by atoms with Crippen molar-refractivity contribution in [2.75, 3.05) is 14.1 Å². The van der Waals surface area contributed by atoms with Crippen LogP contribution in [0, 0.1) is 0 Å². The number of halogens is 1. The molecule has 2 aromatic carbocycles. The molecule has 0 saturated heterocycles. The second kappa shape index (κ2) is 3.45. The fraction of sp³-hybridized carbons (Fsp3) is 0.231. The summed E-state index contributed by atoms with van der Waals surface area (Å²) >= 11 is 0. The first-order chi connectivity index (χ1) is 7.12. The van der Waals surface area contributed by atoms with E-state index in [1.54, 1.807) is 0 Å². The highest BCUT2D eigenvalue weighted by molar-refractivity contribution is 5.98. The summed E-state index contributed by atoms with van der Waals surface area (Å²) in [5.74, 6) is 0. The Morgan fingerprint density at radius 1 is 1.06 bits per heavy atom. The zero-order valence-corrected chi connectivity index (χ0v) is 10.1. The summed E-state index contributed by atoms with van der Waals surface area (Å²) in [6, 6.07) is 12.4. The predicted molar refractivity (Wildman–Crippen MR) is 62.5 cm³/mol. The van der Waals surface area contributed by atoms with Gasteiger partial charge in [0.15, 0.2) is 0 Å². The molecule has 1 N–H and O–H groups in total. The Morgan fingerprint density at radius 3 is 2.38 bits per heavy atom. The number of hydrogen-bond acceptors (Lipinski definition) is 1. The van der Waals surface area contributed by atoms with E-state index in [0.717, 1.165) is 5.56 Å². The molecule has 0 spiro atoms. The maximum atomic E-state index is 10.3. The Balaban J connectivity index is 0.000000963. The number of benzene rings is 2. The van der Waals surface area contributed by atoms with Crippen molar-refractivity contribution in [3.8, 4) is 0 Å². The van der Waals surface area contributed by atoms with Gasteiger partial charge in [-0.05, 0) is 17.5 Å². The van der Waals surface area contributed by atoms with E-state index in [1.165, 1.54) is 16.5 Å². The van der Waals surface area contributed by atoms with Crippen LogP contribution in [0.15, 0.2) is 36.4 Å². The normalized spacial score (nSPS) is 20.8. The molecular weight excluding hydrogens is 222 g/mol. The molecule has 1 heterocycles. The molecule has 0 saturated carbocycles. The van der Waals surface area contributed by atoms with Gasteiger partial charge in [0.25, 0.3) is 0 Å². The molecule has 16 heavy (non-hydrogen) atoms. The topological polar surface area (TPSA) is 20.2 Å². The van der Waals surface area contributed by atoms with Crippen molar-refractivity contribution >= 4 is 16.5 Å². The second-order valence-corrected chi connectivity index (χ2v) is 4.64. The minimum atomic E-state index is -0.439. The van der Waals surface area contributed by atoms with Crippen molar-refractivity contribution < 1.29 is 17.5 Å². The van der Waals surface area contributed by atoms with Crippen LogP contribution in [-0.4, -0.2) is 19.2 Å². The maximum absolute atomic E-state index is 10.3. The Bertz CT molecular complexity index is 545. The highest BCUT2D eigenvalue weighted by Crippen LogP contribution is 2.45. The molecule has 3 heteroatoms. The van der Waals surface area contributed by atoms with Crippen molar-refractivity contribution in [2.45, 2.75) is 6.23 Å². The van der Waals surface area contributed by atoms with E-state index in [4.69, 9.17) is 0 Å². The average Bonchev–Trinajstić information content (AvgIpc) is 2.43. The number of aliphatic hydroxyl groups excluding tert-OH is 1. The third-order valence-electron chi connectivity index (χ3n) is 3.43. The van der Waals surface area contributed by atoms with E-state index < -0.39 is 6.23 Å². The predicted octanol–water partition coefficient (Wildman–Crippen LogP) is -0.585. The van der Waals surface area contributed by atoms with Gasteiger partial charge in [-0.1, -0.05) is 24.3 Å². The third-order valence-corrected chi connectivity index (χ3v) is 3.43. The maximum Gasteiger partial charge on any atom is 0.222 e. The summed E-state index contributed by atoms with van der Waals surface area (Å²) in [7, 11) is 4.08. The summed E-state index contributed by atoms with van der Waals surface area (Å²) in [4.78, 5) is 0. The fourth-order valence-electron chi connectivity index (χ4n) is 2.52. The van der Waals surface area contributed by atoms with E-state index >= 15 is 0 Å². The number of hydrogen-bond donors (Lipinski definition) is 1. The molecule has 1 aliphatic rings. The van der Waals surface area contributed by atoms with Crippen molar-refractivity contribution in [3.63, 3.8) is 0 Å². The Morgan fingerprint density at radius 2 is 1.69 bits per heavy atom. The monoisotopic (exact) mass is 235 g/mol. The Hall–Kier alpha value is -1.09. The minimum Gasteiger partial charge on any atom is -1.00 e. The van der Waals surface area contributed by atoms with Gasteiger partial charge in [-0.3, -0.25) is 4.48 Å². The van der Waals surface area contributed by atoms with Crippen LogP contribution in [0.4, 0.5) is 5.69 Å². The van der Waals surface area contributed by atoms with Gasteiger partial charge in [0.1, 0.15) is 5.69 Å². The molecule has 1 unspecified atom stereocenters. The molecular formula is C13H14ClNO. The average molecular weight is 236 g/mol. The zero-order chi connectivity index (χ0) is 10.6. The van der Waals surface area contributed by atoms with Crippen LogP contribution in [0.25, 0.3) is 10.8 Å². The van der Waals surface area contributed by atoms with Gasteiger partial charge in [-0.15, -0.1) is 0 Å². The van der Waals surface area contributed by atoms with Gasteiger partial charge < -0.3 is 17.5 Å². The lowest BCUT2D eigenvalue weighted by atomic mass is 10.1. The zero-order valence-electron chi connectivity index (χ0n) is 9.31. The molecule has 1 atom stereocenters. The lowest BCUT2D eigenvalue weighted by Crippen LogP contribution is -3.00. The molecule has 0 radical (unpaired) electrons. The SMILES string of the molecule is C[N+]1(C)c2cccc3cccc(c23)C1O.[Cl-]. The molecule has 0 bridgehead atoms. The lowest BCUT2D eigenvalue weighted by molar-refractivity contribution is -0.00000511. The van der Waals surface area contributed by atoms with Crippen LogP contribution in [0.1, 0.15) is 11.8 Å². The van der Waals surface area contributed by atoms with E-state index in [-0.39, 0.29) is 12.4 Å². The first-order valence-corrected chi connectivity index (χ1v) is 5.16. The van der Waals surface area contributed by atoms with E-state index in [9.17, 15) is 5.11 Å². The van der Waals surface area contributed by atoms with Gasteiger partial charge >= 0.3 is 0 Å². The van der Waals surface area contributed by atoms with Crippen molar-refractivity contribution in [1.29, 1.82) is 0 Å². The molecule has 0 fully saturated rings. The first kappa shape index (κ1) is 11.4. The minimum absolute atomic E-state index is 0. The van der Waals surface area contributed by atoms with Gasteiger partial charge in [0, 0.05) is 0 Å². The van der Waals surface area contributed by atoms with Crippen LogP contribution in [0.2, 0.25) is 0 Å². The molecule has 0 aliphatic carbocycles. The largest absolute Gasteiger partial charge is 1.00 e. The summed E-state index contributed by atoms with van der Waals surface area (Å²) in [5.41, 5.74) is 2.25. The number of quaternary nitrogens is 1. The van der Waals surface area contributed by atoms with Gasteiger partial charge in [0.05, 0.1) is 25.0 Å². The highest BCUT2D eigenvalue weighted by atomic mass is 35.5. The summed E-state index contributed by atoms with van der Waals surface area (Å²) < 4.78 is 0.524. The van der Waals surface area contributed by atoms with Crippen LogP contribution in [0.5, 0.6) is 0 Å². The smallest absolute Gasteiger partial charge is 0.222 e. The number of aliphatic hydroxyl groups is 1. The van der Waals surface area contributed by atoms with Gasteiger partial charge in [-0.25, -0.2) is 0 Å². The molecule has 1 aliphatic heterocycles. The molecule has 3 rings (SSSR count). The van der Waals surface area contributed by atoms with Crippen molar-refractivity contribution in [1.82, 2.24) is 4.48 Å². The summed E-state index contributed by atoms with van der Waals surface area (Å²) in [5, 5.41) is 12.7. The van der Waals surface area contributed by atoms with Crippen molar-refractivity contribution in [3.05, 3.63) is 42.0 Å². The lowest BCUT2D eigenvalue weighted by Gasteiger charge is -2.28. The summed E-state index contributed by atoms with van der Waals surface area (Å²) in [6.45, 7) is 0. The standard InChI is InChI=1S/C13H14NO.ClH/c1-14(2)11-8-4-6-9-5-3-7-10(12(9)11)13(14)15;/h3-8,13,15H,1-2H3;1H/q+1;/p-1. The van der Waals surface area contributed by atoms with E-state index in [2.05, 4.69) is 24.3 Å². The molecule has 84 valence electrons. The van der Waals surface area contributed by atoms with E-state index in [0.29, 0.717) is 4.48 Å². The van der Waals surface area contributed by atoms with Gasteiger partial charge in [-0.2, -0.15) is 0 Å². The summed E-state index contributed by atoms with van der Waals surface area (Å²) in [6.07, 6.45) is -0.439. The molecule has 2 aromatic rings. The first-order valence-electron chi connectivity index (χ1n) is 5.16. The van der Waals surface area contributed by atoms with Crippen molar-refractivity contribution in [2.24, 2.45) is 0 Å². The van der Waals surface area contributed by atoms with Crippen LogP contribution in [0.3, 0.4) is 0 Å². The fourth-order valence-corrected chi connectivity index (χ4v) is 2.52. The quantitative estimate of drug-likeness (QED) is 0.606. The van der Waals surface area contributed by atoms with Gasteiger partial charge in [0.2, 0.25) is 6.23 Å². The molecule has 0 amide bonds. The van der Waals surface area contributed by atoms with Crippen LogP contribution in [-0.2, 0) is 0 Å². The number of rotatable bonds is 0. The third kappa shape index (κ3) is 1.21. The Labute approximate surface area is 101 Å². The molecule has 0 aromatic heterocycles.